The molecule has 1 fully saturated rings. The number of carbonyl (C=O) groups excluding carboxylic acids is 1. The maximum Gasteiger partial charge on any atom is 0.287 e. The molecule has 0 saturated carbocycles. The van der Waals surface area contributed by atoms with Gasteiger partial charge in [-0.05, 0) is 68.1 Å². The summed E-state index contributed by atoms with van der Waals surface area (Å²) in [5.74, 6) is -0.296. The number of ether oxygens (including phenoxy) is 3. The van der Waals surface area contributed by atoms with Crippen LogP contribution in [-0.2, 0) is 0 Å². The molecule has 4 aromatic carbocycles. The maximum atomic E-state index is 15.5. The Morgan fingerprint density at radius 3 is 2.49 bits per heavy atom. The van der Waals surface area contributed by atoms with Crippen molar-refractivity contribution in [1.29, 1.82) is 0 Å². The van der Waals surface area contributed by atoms with Gasteiger partial charge in [-0.15, -0.1) is 0 Å². The average Bonchev–Trinajstić information content (AvgIpc) is 3.15. The molecular formula is C39H35Cl2FN6O5. The summed E-state index contributed by atoms with van der Waals surface area (Å²) < 4.78 is 34.6. The third-order valence-corrected chi connectivity index (χ3v) is 9.53. The van der Waals surface area contributed by atoms with Crippen molar-refractivity contribution in [2.24, 2.45) is 0 Å². The molecule has 2 aromatic heterocycles. The number of likely N-dealkylation sites (N-methyl/N-ethyl adjacent to an activating group) is 1. The quantitative estimate of drug-likeness (QED) is 0.135. The minimum atomic E-state index is -0.836. The highest BCUT2D eigenvalue weighted by molar-refractivity contribution is 6.35. The molecule has 11 nitrogen and oxygen atoms in total. The number of methoxy groups -OCH3 is 1. The third-order valence-electron chi connectivity index (χ3n) is 9.00. The summed E-state index contributed by atoms with van der Waals surface area (Å²) in [5, 5.41) is 3.76. The van der Waals surface area contributed by atoms with E-state index in [1.807, 2.05) is 0 Å². The Labute approximate surface area is 314 Å². The number of hydrogen-bond acceptors (Lipinski definition) is 9. The first-order chi connectivity index (χ1) is 25.7. The van der Waals surface area contributed by atoms with Gasteiger partial charge in [0.05, 0.1) is 41.0 Å². The molecule has 1 aliphatic heterocycles. The number of pyridine rings is 1. The van der Waals surface area contributed by atoms with Crippen LogP contribution in [0.2, 0.25) is 10.0 Å². The van der Waals surface area contributed by atoms with Crippen molar-refractivity contribution in [3.05, 3.63) is 117 Å². The van der Waals surface area contributed by atoms with Crippen molar-refractivity contribution in [3.8, 4) is 28.7 Å². The van der Waals surface area contributed by atoms with Crippen LogP contribution in [0.15, 0.2) is 89.9 Å². The number of hydrogen-bond donors (Lipinski definition) is 1. The van der Waals surface area contributed by atoms with Crippen molar-refractivity contribution in [2.45, 2.75) is 6.42 Å². The zero-order valence-corrected chi connectivity index (χ0v) is 30.5. The van der Waals surface area contributed by atoms with Crippen molar-refractivity contribution in [1.82, 2.24) is 24.3 Å². The summed E-state index contributed by atoms with van der Waals surface area (Å²) in [6.45, 7) is 5.70. The van der Waals surface area contributed by atoms with Crippen LogP contribution in [0.5, 0.6) is 23.0 Å². The molecule has 1 aliphatic rings. The van der Waals surface area contributed by atoms with E-state index in [0.29, 0.717) is 56.5 Å². The number of amides is 1. The van der Waals surface area contributed by atoms with Gasteiger partial charge in [-0.25, -0.2) is 9.37 Å². The topological polar surface area (TPSA) is 111 Å². The van der Waals surface area contributed by atoms with Crippen molar-refractivity contribution < 1.29 is 23.4 Å². The summed E-state index contributed by atoms with van der Waals surface area (Å²) in [4.78, 5) is 40.7. The van der Waals surface area contributed by atoms with Crippen LogP contribution in [0.3, 0.4) is 0 Å². The number of para-hydroxylation sites is 2. The fourth-order valence-electron chi connectivity index (χ4n) is 6.18. The Bertz CT molecular complexity index is 2380. The van der Waals surface area contributed by atoms with Gasteiger partial charge in [-0.3, -0.25) is 19.1 Å². The second kappa shape index (κ2) is 15.8. The van der Waals surface area contributed by atoms with E-state index in [-0.39, 0.29) is 16.5 Å². The molecule has 6 aromatic rings. The predicted octanol–water partition coefficient (Wildman–Crippen LogP) is 7.45. The van der Waals surface area contributed by atoms with Crippen LogP contribution in [0, 0.1) is 5.82 Å². The molecule has 0 bridgehead atoms. The standard InChI is InChI=1S/C39H35Cl2FN6O5/c1-46-15-17-47(18-16-46)14-5-19-52-36-23-30-26(22-35(36)51-2)33(12-13-43-30)53-34-11-9-25(21-28(34)42)44-38(49)37-39(50)48(31-10-8-24(40)20-27(31)41)32-7-4-3-6-29(32)45-37/h3-4,6-13,20-23H,5,14-19H2,1-2H3,(H,44,49). The highest BCUT2D eigenvalue weighted by Crippen LogP contribution is 2.38. The lowest BCUT2D eigenvalue weighted by Gasteiger charge is -2.32. The van der Waals surface area contributed by atoms with Gasteiger partial charge in [0.25, 0.3) is 11.5 Å². The SMILES string of the molecule is COc1cc2c(Oc3ccc(NC(=O)c4nc5ccccc5n(-c5ccc(Cl)cc5Cl)c4=O)cc3F)ccnc2cc1OCCCN1CCN(C)CC1. The largest absolute Gasteiger partial charge is 0.493 e. The number of nitrogens with zero attached hydrogens (tertiary/aromatic N) is 5. The Balaban J connectivity index is 1.08. The zero-order valence-electron chi connectivity index (χ0n) is 28.9. The molecular weight excluding hydrogens is 722 g/mol. The first-order valence-corrected chi connectivity index (χ1v) is 17.7. The summed E-state index contributed by atoms with van der Waals surface area (Å²) in [5.41, 5.74) is 0.668. The van der Waals surface area contributed by atoms with Gasteiger partial charge in [0.15, 0.2) is 28.8 Å². The summed E-state index contributed by atoms with van der Waals surface area (Å²) >= 11 is 12.5. The number of benzene rings is 4. The van der Waals surface area contributed by atoms with Crippen molar-refractivity contribution in [3.63, 3.8) is 0 Å². The predicted molar refractivity (Wildman–Crippen MR) is 204 cm³/mol. The summed E-state index contributed by atoms with van der Waals surface area (Å²) in [6.07, 6.45) is 2.43. The molecule has 0 unspecified atom stereocenters. The van der Waals surface area contributed by atoms with Gasteiger partial charge >= 0.3 is 0 Å². The molecule has 1 amide bonds. The van der Waals surface area contributed by atoms with E-state index < -0.39 is 23.0 Å². The monoisotopic (exact) mass is 756 g/mol. The maximum absolute atomic E-state index is 15.5. The molecule has 14 heteroatoms. The highest BCUT2D eigenvalue weighted by atomic mass is 35.5. The number of carbonyl (C=O) groups is 1. The minimum Gasteiger partial charge on any atom is -0.493 e. The van der Waals surface area contributed by atoms with Crippen LogP contribution < -0.4 is 25.1 Å². The molecule has 1 N–H and O–H groups in total. The number of piperazine rings is 1. The highest BCUT2D eigenvalue weighted by Gasteiger charge is 2.21. The Hall–Kier alpha value is -5.27. The molecule has 0 radical (unpaired) electrons. The third kappa shape index (κ3) is 7.91. The van der Waals surface area contributed by atoms with E-state index >= 15 is 4.39 Å². The molecule has 0 atom stereocenters. The van der Waals surface area contributed by atoms with Gasteiger partial charge in [0, 0.05) is 67.1 Å². The summed E-state index contributed by atoms with van der Waals surface area (Å²) in [6, 6.07) is 20.6. The van der Waals surface area contributed by atoms with Gasteiger partial charge in [0.1, 0.15) is 5.75 Å². The van der Waals surface area contributed by atoms with Crippen LogP contribution in [0.4, 0.5) is 10.1 Å². The number of fused-ring (bicyclic) bond motifs is 2. The smallest absolute Gasteiger partial charge is 0.287 e. The first-order valence-electron chi connectivity index (χ1n) is 16.9. The van der Waals surface area contributed by atoms with Crippen molar-refractivity contribution in [2.75, 3.05) is 58.8 Å². The lowest BCUT2D eigenvalue weighted by atomic mass is 10.1. The zero-order chi connectivity index (χ0) is 37.1. The number of anilines is 1. The minimum absolute atomic E-state index is 0.0842. The molecule has 0 aliphatic carbocycles. The van der Waals surface area contributed by atoms with Gasteiger partial charge < -0.3 is 29.3 Å². The first kappa shape index (κ1) is 36.1. The van der Waals surface area contributed by atoms with Crippen LogP contribution in [-0.4, -0.2) is 83.7 Å². The van der Waals surface area contributed by atoms with Crippen LogP contribution in [0.1, 0.15) is 16.9 Å². The van der Waals surface area contributed by atoms with Crippen LogP contribution in [0.25, 0.3) is 27.6 Å². The van der Waals surface area contributed by atoms with Gasteiger partial charge in [-0.2, -0.15) is 0 Å². The molecule has 53 heavy (non-hydrogen) atoms. The summed E-state index contributed by atoms with van der Waals surface area (Å²) in [7, 11) is 3.69. The molecule has 0 spiro atoms. The fourth-order valence-corrected chi connectivity index (χ4v) is 6.68. The second-order valence-corrected chi connectivity index (χ2v) is 13.4. The Kier molecular flexibility index (Phi) is 10.7. The second-order valence-electron chi connectivity index (χ2n) is 12.6. The van der Waals surface area contributed by atoms with E-state index in [1.54, 1.807) is 67.9 Å². The Morgan fingerprint density at radius 2 is 1.72 bits per heavy atom. The number of rotatable bonds is 11. The Morgan fingerprint density at radius 1 is 0.906 bits per heavy atom. The molecule has 272 valence electrons. The van der Waals surface area contributed by atoms with E-state index in [9.17, 15) is 9.59 Å². The molecule has 7 rings (SSSR count). The number of nitrogens with one attached hydrogen (secondary N) is 1. The van der Waals surface area contributed by atoms with E-state index in [2.05, 4.69) is 32.1 Å². The molecule has 3 heterocycles. The fraction of sp³-hybridized carbons (Fsp3) is 0.231. The van der Waals surface area contributed by atoms with Gasteiger partial charge in [0.2, 0.25) is 0 Å². The number of aromatic nitrogens is 3. The number of halogens is 3. The van der Waals surface area contributed by atoms with Gasteiger partial charge in [-0.1, -0.05) is 35.3 Å². The lowest BCUT2D eigenvalue weighted by Crippen LogP contribution is -2.44. The average molecular weight is 758 g/mol. The van der Waals surface area contributed by atoms with Crippen molar-refractivity contribution >= 4 is 56.7 Å². The van der Waals surface area contributed by atoms with Crippen LogP contribution >= 0.6 is 23.2 Å². The lowest BCUT2D eigenvalue weighted by molar-refractivity contribution is 0.102. The van der Waals surface area contributed by atoms with E-state index in [0.717, 1.165) is 45.2 Å². The molecule has 1 saturated heterocycles. The van der Waals surface area contributed by atoms with E-state index in [1.165, 1.54) is 22.8 Å². The normalized spacial score (nSPS) is 13.7. The van der Waals surface area contributed by atoms with E-state index in [4.69, 9.17) is 37.4 Å².